The van der Waals surface area contributed by atoms with Crippen molar-refractivity contribution in [2.45, 2.75) is 61.6 Å². The van der Waals surface area contributed by atoms with Gasteiger partial charge in [0.25, 0.3) is 0 Å². The highest BCUT2D eigenvalue weighted by molar-refractivity contribution is 7.93. The van der Waals surface area contributed by atoms with E-state index in [9.17, 15) is 18.5 Å². The van der Waals surface area contributed by atoms with Crippen LogP contribution in [-0.2, 0) is 14.6 Å². The summed E-state index contributed by atoms with van der Waals surface area (Å²) < 4.78 is 29.9. The van der Waals surface area contributed by atoms with Gasteiger partial charge in [0.1, 0.15) is 10.5 Å². The molecule has 6 nitrogen and oxygen atoms in total. The second kappa shape index (κ2) is 6.73. The van der Waals surface area contributed by atoms with Crippen LogP contribution in [-0.4, -0.2) is 32.2 Å². The zero-order chi connectivity index (χ0) is 21.0. The molecule has 0 aliphatic heterocycles. The van der Waals surface area contributed by atoms with Gasteiger partial charge >= 0.3 is 0 Å². The first-order valence-corrected chi connectivity index (χ1v) is 11.7. The van der Waals surface area contributed by atoms with Crippen molar-refractivity contribution < 1.29 is 17.9 Å². The maximum absolute atomic E-state index is 13.2. The number of carbonyl (C=O) groups is 1. The molecule has 7 heteroatoms. The van der Waals surface area contributed by atoms with E-state index in [1.807, 2.05) is 0 Å². The van der Waals surface area contributed by atoms with Crippen LogP contribution in [0.2, 0.25) is 0 Å². The molecular weight excluding hydrogens is 388 g/mol. The maximum Gasteiger partial charge on any atom is 0.241 e. The molecule has 156 valence electrons. The van der Waals surface area contributed by atoms with Crippen molar-refractivity contribution in [2.24, 2.45) is 23.2 Å². The Bertz CT molecular complexity index is 946. The third kappa shape index (κ3) is 3.13. The molecule has 29 heavy (non-hydrogen) atoms. The van der Waals surface area contributed by atoms with E-state index in [4.69, 9.17) is 4.74 Å². The number of nitrogens with zero attached hydrogens (tertiary/aromatic N) is 1. The van der Waals surface area contributed by atoms with Gasteiger partial charge in [-0.15, -0.1) is 0 Å². The molecule has 1 aromatic rings. The molecule has 4 aliphatic rings. The first kappa shape index (κ1) is 20.2. The van der Waals surface area contributed by atoms with Gasteiger partial charge in [-0.3, -0.25) is 4.79 Å². The first-order valence-electron chi connectivity index (χ1n) is 10.2. The lowest BCUT2D eigenvalue weighted by Crippen LogP contribution is -2.61. The summed E-state index contributed by atoms with van der Waals surface area (Å²) in [5.41, 5.74) is -0.234. The minimum Gasteiger partial charge on any atom is -0.497 e. The lowest BCUT2D eigenvalue weighted by atomic mass is 9.48. The smallest absolute Gasteiger partial charge is 0.241 e. The molecule has 0 heterocycles. The number of hydrogen-bond acceptors (Lipinski definition) is 5. The van der Waals surface area contributed by atoms with E-state index in [0.717, 1.165) is 32.1 Å². The molecule has 4 fully saturated rings. The molecule has 1 amide bonds. The van der Waals surface area contributed by atoms with Crippen LogP contribution < -0.4 is 10.1 Å². The van der Waals surface area contributed by atoms with Crippen LogP contribution >= 0.6 is 0 Å². The average molecular weight is 417 g/mol. The van der Waals surface area contributed by atoms with Crippen LogP contribution in [0.3, 0.4) is 0 Å². The Morgan fingerprint density at radius 3 is 2.28 bits per heavy atom. The van der Waals surface area contributed by atoms with Crippen LogP contribution in [0, 0.1) is 34.5 Å². The average Bonchev–Trinajstić information content (AvgIpc) is 2.69. The van der Waals surface area contributed by atoms with Crippen molar-refractivity contribution in [1.82, 2.24) is 5.32 Å². The molecular formula is C22H28N2O4S. The van der Waals surface area contributed by atoms with Crippen LogP contribution in [0.1, 0.15) is 46.0 Å². The zero-order valence-electron chi connectivity index (χ0n) is 17.1. The van der Waals surface area contributed by atoms with Crippen LogP contribution in [0.5, 0.6) is 5.75 Å². The fraction of sp³-hybridized carbons (Fsp3) is 0.636. The van der Waals surface area contributed by atoms with Crippen molar-refractivity contribution in [3.05, 3.63) is 24.3 Å². The van der Waals surface area contributed by atoms with E-state index in [2.05, 4.69) is 11.4 Å². The largest absolute Gasteiger partial charge is 0.497 e. The van der Waals surface area contributed by atoms with Crippen LogP contribution in [0.15, 0.2) is 29.2 Å². The van der Waals surface area contributed by atoms with E-state index < -0.39 is 20.5 Å². The van der Waals surface area contributed by atoms with Crippen molar-refractivity contribution >= 4 is 15.7 Å². The Balaban J connectivity index is 1.54. The fourth-order valence-electron chi connectivity index (χ4n) is 5.89. The van der Waals surface area contributed by atoms with Gasteiger partial charge in [0.15, 0.2) is 9.84 Å². The van der Waals surface area contributed by atoms with Crippen molar-refractivity contribution in [2.75, 3.05) is 7.11 Å². The van der Waals surface area contributed by atoms with Gasteiger partial charge in [0, 0.05) is 6.04 Å². The Morgan fingerprint density at radius 1 is 1.17 bits per heavy atom. The molecule has 0 aromatic heterocycles. The lowest BCUT2D eigenvalue weighted by Gasteiger charge is -2.57. The number of methoxy groups -OCH3 is 1. The van der Waals surface area contributed by atoms with Crippen LogP contribution in [0.4, 0.5) is 0 Å². The normalized spacial score (nSPS) is 33.2. The van der Waals surface area contributed by atoms with Gasteiger partial charge in [0.2, 0.25) is 5.91 Å². The fourth-order valence-corrected chi connectivity index (χ4v) is 7.28. The second-order valence-electron chi connectivity index (χ2n) is 9.55. The number of nitriles is 1. The molecule has 1 aromatic carbocycles. The third-order valence-corrected chi connectivity index (χ3v) is 9.82. The van der Waals surface area contributed by atoms with Crippen molar-refractivity contribution in [3.8, 4) is 11.8 Å². The third-order valence-electron chi connectivity index (χ3n) is 7.40. The Labute approximate surface area is 172 Å². The summed E-state index contributed by atoms with van der Waals surface area (Å²) in [5.74, 6) is 1.20. The van der Waals surface area contributed by atoms with Gasteiger partial charge in [-0.1, -0.05) is 0 Å². The highest BCUT2D eigenvalue weighted by atomic mass is 32.2. The van der Waals surface area contributed by atoms with E-state index in [-0.39, 0.29) is 28.2 Å². The molecule has 4 saturated carbocycles. The van der Waals surface area contributed by atoms with Gasteiger partial charge in [-0.2, -0.15) is 5.26 Å². The van der Waals surface area contributed by atoms with Crippen molar-refractivity contribution in [1.29, 1.82) is 5.26 Å². The zero-order valence-corrected chi connectivity index (χ0v) is 18.0. The van der Waals surface area contributed by atoms with E-state index in [1.54, 1.807) is 12.1 Å². The summed E-state index contributed by atoms with van der Waals surface area (Å²) in [6.07, 6.45) is 4.65. The second-order valence-corrected chi connectivity index (χ2v) is 12.0. The number of carbonyl (C=O) groups excluding carboxylic acids is 1. The number of sulfone groups is 1. The predicted molar refractivity (Wildman–Crippen MR) is 108 cm³/mol. The predicted octanol–water partition coefficient (Wildman–Crippen LogP) is 3.08. The summed E-state index contributed by atoms with van der Waals surface area (Å²) in [6, 6.07) is 8.63. The number of rotatable bonds is 5. The monoisotopic (exact) mass is 416 g/mol. The number of amides is 1. The summed E-state index contributed by atoms with van der Waals surface area (Å²) >= 11 is 0. The standard InChI is InChI=1S/C22H28N2O4S/c1-21(2,29(26,27)18-6-4-17(28-3)5-7-18)20(25)24-19-15-8-14-9-16(19)12-22(10-14,11-15)13-23/h4-7,14-16,19H,8-12H2,1-3H3,(H,24,25). The Hall–Kier alpha value is -2.07. The number of benzene rings is 1. The number of nitrogens with one attached hydrogen (secondary N) is 1. The SMILES string of the molecule is COc1ccc(S(=O)(=O)C(C)(C)C(=O)NC2C3CC4CC2CC(C#N)(C4)C3)cc1. The quantitative estimate of drug-likeness (QED) is 0.796. The highest BCUT2D eigenvalue weighted by Crippen LogP contribution is 2.59. The van der Waals surface area contributed by atoms with E-state index in [1.165, 1.54) is 33.1 Å². The highest BCUT2D eigenvalue weighted by Gasteiger charge is 2.57. The van der Waals surface area contributed by atoms with Gasteiger partial charge in [-0.05, 0) is 88.0 Å². The molecule has 2 unspecified atom stereocenters. The lowest BCUT2D eigenvalue weighted by molar-refractivity contribution is -0.128. The summed E-state index contributed by atoms with van der Waals surface area (Å²) in [7, 11) is -2.36. The number of ether oxygens (including phenoxy) is 1. The maximum atomic E-state index is 13.2. The molecule has 0 saturated heterocycles. The first-order chi connectivity index (χ1) is 13.6. The Morgan fingerprint density at radius 2 is 1.76 bits per heavy atom. The molecule has 4 aliphatic carbocycles. The molecule has 2 atom stereocenters. The van der Waals surface area contributed by atoms with Gasteiger partial charge in [0.05, 0.1) is 23.5 Å². The molecule has 1 N–H and O–H groups in total. The minimum atomic E-state index is -3.88. The topological polar surface area (TPSA) is 96.3 Å². The van der Waals surface area contributed by atoms with E-state index >= 15 is 0 Å². The molecule has 0 radical (unpaired) electrons. The Kier molecular flexibility index (Phi) is 4.69. The number of hydrogen-bond donors (Lipinski definition) is 1. The van der Waals surface area contributed by atoms with Crippen LogP contribution in [0.25, 0.3) is 0 Å². The summed E-state index contributed by atoms with van der Waals surface area (Å²) in [5, 5.41) is 12.8. The molecule has 4 bridgehead atoms. The summed E-state index contributed by atoms with van der Waals surface area (Å²) in [6.45, 7) is 2.93. The van der Waals surface area contributed by atoms with Gasteiger partial charge < -0.3 is 10.1 Å². The van der Waals surface area contributed by atoms with Crippen molar-refractivity contribution in [3.63, 3.8) is 0 Å². The van der Waals surface area contributed by atoms with Gasteiger partial charge in [-0.25, -0.2) is 8.42 Å². The molecule has 0 spiro atoms. The van der Waals surface area contributed by atoms with E-state index in [0.29, 0.717) is 11.7 Å². The summed E-state index contributed by atoms with van der Waals surface area (Å²) in [4.78, 5) is 13.3. The molecule has 5 rings (SSSR count). The minimum absolute atomic E-state index is 0.0362.